The van der Waals surface area contributed by atoms with Gasteiger partial charge < -0.3 is 9.84 Å². The van der Waals surface area contributed by atoms with Crippen LogP contribution in [0.4, 0.5) is 0 Å². The quantitative estimate of drug-likeness (QED) is 0.862. The van der Waals surface area contributed by atoms with E-state index in [9.17, 15) is 8.42 Å². The molecule has 114 valence electrons. The third kappa shape index (κ3) is 5.67. The van der Waals surface area contributed by atoms with Crippen LogP contribution in [0.15, 0.2) is 70.5 Å². The molecule has 2 aromatic rings. The van der Waals surface area contributed by atoms with Gasteiger partial charge in [-0.3, -0.25) is 0 Å². The molecular formula is C16H20O4S. The molecule has 2 rings (SSSR count). The first-order valence-electron chi connectivity index (χ1n) is 6.66. The van der Waals surface area contributed by atoms with Crippen LogP contribution in [0, 0.1) is 0 Å². The molecule has 1 N–H and O–H groups in total. The molecule has 0 amide bonds. The maximum absolute atomic E-state index is 12.0. The van der Waals surface area contributed by atoms with Gasteiger partial charge in [0, 0.05) is 6.61 Å². The van der Waals surface area contributed by atoms with Crippen molar-refractivity contribution in [3.05, 3.63) is 60.7 Å². The highest BCUT2D eigenvalue weighted by Crippen LogP contribution is 2.19. The Bertz CT molecular complexity index is 545. The Morgan fingerprint density at radius 1 is 0.905 bits per heavy atom. The first kappa shape index (κ1) is 17.4. The summed E-state index contributed by atoms with van der Waals surface area (Å²) in [6.45, 7) is 3.20. The van der Waals surface area contributed by atoms with E-state index in [4.69, 9.17) is 9.84 Å². The van der Waals surface area contributed by atoms with Crippen molar-refractivity contribution in [3.8, 4) is 0 Å². The van der Waals surface area contributed by atoms with Crippen LogP contribution < -0.4 is 0 Å². The molecule has 0 fully saturated rings. The van der Waals surface area contributed by atoms with Gasteiger partial charge in [-0.15, -0.1) is 0 Å². The average Bonchev–Trinajstić information content (AvgIpc) is 2.55. The monoisotopic (exact) mass is 308 g/mol. The molecule has 0 saturated carbocycles. The molecule has 21 heavy (non-hydrogen) atoms. The Morgan fingerprint density at radius 2 is 1.33 bits per heavy atom. The van der Waals surface area contributed by atoms with Gasteiger partial charge in [-0.25, -0.2) is 8.42 Å². The highest BCUT2D eigenvalue weighted by atomic mass is 32.2. The van der Waals surface area contributed by atoms with Crippen LogP contribution >= 0.6 is 0 Å². The number of rotatable bonds is 5. The van der Waals surface area contributed by atoms with E-state index >= 15 is 0 Å². The summed E-state index contributed by atoms with van der Waals surface area (Å²) in [4.78, 5) is 0.660. The fourth-order valence-electron chi connectivity index (χ4n) is 1.54. The van der Waals surface area contributed by atoms with Crippen molar-refractivity contribution in [1.29, 1.82) is 0 Å². The summed E-state index contributed by atoms with van der Waals surface area (Å²) in [5, 5.41) is 8.07. The summed E-state index contributed by atoms with van der Waals surface area (Å²) in [5.74, 6) is 0. The van der Waals surface area contributed by atoms with Crippen molar-refractivity contribution in [2.24, 2.45) is 0 Å². The zero-order valence-corrected chi connectivity index (χ0v) is 12.8. The van der Waals surface area contributed by atoms with E-state index in [0.29, 0.717) is 23.0 Å². The number of hydrogen-bond acceptors (Lipinski definition) is 4. The number of sulfone groups is 1. The highest BCUT2D eigenvalue weighted by Gasteiger charge is 2.15. The topological polar surface area (TPSA) is 63.6 Å². The molecule has 0 aliphatic carbocycles. The lowest BCUT2D eigenvalue weighted by atomic mass is 10.4. The summed E-state index contributed by atoms with van der Waals surface area (Å²) >= 11 is 0. The van der Waals surface area contributed by atoms with Gasteiger partial charge in [-0.05, 0) is 31.2 Å². The lowest BCUT2D eigenvalue weighted by molar-refractivity contribution is 0.102. The Kier molecular flexibility index (Phi) is 7.68. The summed E-state index contributed by atoms with van der Waals surface area (Å²) in [7, 11) is -3.34. The van der Waals surface area contributed by atoms with Gasteiger partial charge in [0.2, 0.25) is 9.84 Å². The van der Waals surface area contributed by atoms with Crippen LogP contribution in [-0.2, 0) is 14.6 Å². The molecule has 0 aromatic heterocycles. The van der Waals surface area contributed by atoms with Crippen molar-refractivity contribution in [1.82, 2.24) is 0 Å². The maximum atomic E-state index is 12.0. The second kappa shape index (κ2) is 9.28. The van der Waals surface area contributed by atoms with Gasteiger partial charge >= 0.3 is 0 Å². The lowest BCUT2D eigenvalue weighted by Gasteiger charge is -2.03. The van der Waals surface area contributed by atoms with E-state index in [1.807, 2.05) is 6.92 Å². The van der Waals surface area contributed by atoms with Gasteiger partial charge in [0.05, 0.1) is 23.0 Å². The summed E-state index contributed by atoms with van der Waals surface area (Å²) in [5.41, 5.74) is 0. The SMILES string of the molecule is CCOCCO.O=S(=O)(c1ccccc1)c1ccccc1. The third-order valence-corrected chi connectivity index (χ3v) is 4.33. The molecule has 0 radical (unpaired) electrons. The molecule has 0 atom stereocenters. The van der Waals surface area contributed by atoms with Crippen LogP contribution in [0.2, 0.25) is 0 Å². The van der Waals surface area contributed by atoms with Crippen molar-refractivity contribution >= 4 is 9.84 Å². The molecule has 0 saturated heterocycles. The van der Waals surface area contributed by atoms with Gasteiger partial charge in [-0.1, -0.05) is 36.4 Å². The lowest BCUT2D eigenvalue weighted by Crippen LogP contribution is -2.00. The largest absolute Gasteiger partial charge is 0.394 e. The number of aliphatic hydroxyl groups excluding tert-OH is 1. The fraction of sp³-hybridized carbons (Fsp3) is 0.250. The van der Waals surface area contributed by atoms with E-state index in [0.717, 1.165) is 0 Å². The van der Waals surface area contributed by atoms with Crippen molar-refractivity contribution in [2.45, 2.75) is 16.7 Å². The third-order valence-electron chi connectivity index (χ3n) is 2.55. The van der Waals surface area contributed by atoms with Crippen molar-refractivity contribution < 1.29 is 18.3 Å². The standard InChI is InChI=1S/C12H10O2S.C4H10O2/c13-15(14,11-7-3-1-4-8-11)12-9-5-2-6-10-12;1-2-6-4-3-5/h1-10H;5H,2-4H2,1H3. The zero-order valence-electron chi connectivity index (χ0n) is 12.0. The molecule has 0 aliphatic rings. The molecule has 2 aromatic carbocycles. The normalized spacial score (nSPS) is 10.6. The molecule has 0 aliphatic heterocycles. The predicted molar refractivity (Wildman–Crippen MR) is 81.9 cm³/mol. The Hall–Kier alpha value is -1.69. The van der Waals surface area contributed by atoms with E-state index in [1.54, 1.807) is 60.7 Å². The summed E-state index contributed by atoms with van der Waals surface area (Å²) in [6.07, 6.45) is 0. The minimum Gasteiger partial charge on any atom is -0.394 e. The molecule has 5 heteroatoms. The van der Waals surface area contributed by atoms with Crippen molar-refractivity contribution in [3.63, 3.8) is 0 Å². The first-order chi connectivity index (χ1) is 10.1. The van der Waals surface area contributed by atoms with Crippen LogP contribution in [0.3, 0.4) is 0 Å². The molecule has 4 nitrogen and oxygen atoms in total. The van der Waals surface area contributed by atoms with Crippen LogP contribution in [0.1, 0.15) is 6.92 Å². The number of ether oxygens (including phenoxy) is 1. The van der Waals surface area contributed by atoms with Gasteiger partial charge in [0.25, 0.3) is 0 Å². The Labute approximate surface area is 125 Å². The van der Waals surface area contributed by atoms with Gasteiger partial charge in [0.15, 0.2) is 0 Å². The van der Waals surface area contributed by atoms with E-state index < -0.39 is 9.84 Å². The molecule has 0 spiro atoms. The predicted octanol–water partition coefficient (Wildman–Crippen LogP) is 2.53. The minimum atomic E-state index is -3.34. The van der Waals surface area contributed by atoms with Crippen molar-refractivity contribution in [2.75, 3.05) is 19.8 Å². The number of aliphatic hydroxyl groups is 1. The average molecular weight is 308 g/mol. The Balaban J connectivity index is 0.000000315. The van der Waals surface area contributed by atoms with Gasteiger partial charge in [0.1, 0.15) is 0 Å². The molecule has 0 unspecified atom stereocenters. The second-order valence-corrected chi connectivity index (χ2v) is 6.00. The van der Waals surface area contributed by atoms with E-state index in [1.165, 1.54) is 0 Å². The summed E-state index contributed by atoms with van der Waals surface area (Å²) < 4.78 is 28.8. The second-order valence-electron chi connectivity index (χ2n) is 4.05. The highest BCUT2D eigenvalue weighted by molar-refractivity contribution is 7.91. The number of hydrogen-bond donors (Lipinski definition) is 1. The van der Waals surface area contributed by atoms with Gasteiger partial charge in [-0.2, -0.15) is 0 Å². The van der Waals surface area contributed by atoms with E-state index in [2.05, 4.69) is 0 Å². The first-order valence-corrected chi connectivity index (χ1v) is 8.15. The van der Waals surface area contributed by atoms with Crippen LogP contribution in [0.25, 0.3) is 0 Å². The minimum absolute atomic E-state index is 0.133. The maximum Gasteiger partial charge on any atom is 0.206 e. The fourth-order valence-corrected chi connectivity index (χ4v) is 2.85. The van der Waals surface area contributed by atoms with Crippen LogP contribution in [-0.4, -0.2) is 33.3 Å². The van der Waals surface area contributed by atoms with E-state index in [-0.39, 0.29) is 6.61 Å². The molecule has 0 bridgehead atoms. The molecular weight excluding hydrogens is 288 g/mol. The number of benzene rings is 2. The molecule has 0 heterocycles. The zero-order chi connectivity index (χ0) is 15.6. The van der Waals surface area contributed by atoms with Crippen LogP contribution in [0.5, 0.6) is 0 Å². The Morgan fingerprint density at radius 3 is 1.62 bits per heavy atom. The summed E-state index contributed by atoms with van der Waals surface area (Å²) in [6, 6.07) is 16.9. The smallest absolute Gasteiger partial charge is 0.206 e.